The first kappa shape index (κ1) is 17.1. The van der Waals surface area contributed by atoms with Crippen molar-refractivity contribution in [2.45, 2.75) is 10.9 Å². The molecule has 0 atom stereocenters. The van der Waals surface area contributed by atoms with Crippen molar-refractivity contribution in [3.05, 3.63) is 62.7 Å². The number of thiazole rings is 1. The number of fused-ring (bicyclic) bond motifs is 1. The Kier molecular flexibility index (Phi) is 4.88. The maximum Gasteiger partial charge on any atom is 0.196 e. The third-order valence-corrected chi connectivity index (χ3v) is 6.12. The molecule has 0 amide bonds. The summed E-state index contributed by atoms with van der Waals surface area (Å²) < 4.78 is 1.79. The van der Waals surface area contributed by atoms with Gasteiger partial charge in [-0.25, -0.2) is 4.98 Å². The third-order valence-electron chi connectivity index (χ3n) is 3.40. The molecule has 0 bridgehead atoms. The summed E-state index contributed by atoms with van der Waals surface area (Å²) in [5.74, 6) is 0.659. The van der Waals surface area contributed by atoms with Gasteiger partial charge in [0.2, 0.25) is 0 Å². The highest BCUT2D eigenvalue weighted by Crippen LogP contribution is 2.32. The van der Waals surface area contributed by atoms with Crippen LogP contribution in [-0.2, 0) is 5.75 Å². The first-order valence-electron chi connectivity index (χ1n) is 7.14. The highest BCUT2D eigenvalue weighted by atomic mass is 35.5. The lowest BCUT2D eigenvalue weighted by Crippen LogP contribution is -1.89. The lowest BCUT2D eigenvalue weighted by Gasteiger charge is -2.01. The molecule has 3 heterocycles. The van der Waals surface area contributed by atoms with E-state index in [9.17, 15) is 0 Å². The van der Waals surface area contributed by atoms with E-state index in [4.69, 9.17) is 34.8 Å². The van der Waals surface area contributed by atoms with Crippen molar-refractivity contribution >= 4 is 63.5 Å². The maximum atomic E-state index is 6.24. The van der Waals surface area contributed by atoms with Crippen molar-refractivity contribution < 1.29 is 0 Å². The van der Waals surface area contributed by atoms with Crippen molar-refractivity contribution in [3.63, 3.8) is 0 Å². The fraction of sp³-hybridized carbons (Fsp3) is 0.0625. The van der Waals surface area contributed by atoms with Crippen LogP contribution in [0.15, 0.2) is 47.1 Å². The molecule has 0 saturated heterocycles. The summed E-state index contributed by atoms with van der Waals surface area (Å²) in [6.07, 6.45) is 1.75. The molecule has 4 rings (SSSR count). The van der Waals surface area contributed by atoms with E-state index in [-0.39, 0.29) is 0 Å². The highest BCUT2D eigenvalue weighted by molar-refractivity contribution is 7.98. The van der Waals surface area contributed by atoms with E-state index in [0.29, 0.717) is 31.6 Å². The minimum atomic E-state index is 0.474. The van der Waals surface area contributed by atoms with Gasteiger partial charge in [-0.3, -0.25) is 4.40 Å². The van der Waals surface area contributed by atoms with Crippen LogP contribution in [0.1, 0.15) is 5.69 Å². The lowest BCUT2D eigenvalue weighted by molar-refractivity contribution is 0.920. The molecular formula is C16H9Cl3N4S2. The van der Waals surface area contributed by atoms with Crippen molar-refractivity contribution in [2.24, 2.45) is 0 Å². The molecule has 25 heavy (non-hydrogen) atoms. The smallest absolute Gasteiger partial charge is 0.196 e. The van der Waals surface area contributed by atoms with Gasteiger partial charge in [0.15, 0.2) is 10.8 Å². The predicted molar refractivity (Wildman–Crippen MR) is 105 cm³/mol. The van der Waals surface area contributed by atoms with Crippen molar-refractivity contribution in [3.8, 4) is 10.6 Å². The molecule has 0 unspecified atom stereocenters. The van der Waals surface area contributed by atoms with Crippen LogP contribution in [0.4, 0.5) is 0 Å². The second-order valence-electron chi connectivity index (χ2n) is 5.09. The number of nitrogens with zero attached hydrogens (tertiary/aromatic N) is 4. The van der Waals surface area contributed by atoms with E-state index in [1.807, 2.05) is 29.6 Å². The van der Waals surface area contributed by atoms with Gasteiger partial charge >= 0.3 is 0 Å². The van der Waals surface area contributed by atoms with Gasteiger partial charge in [-0.1, -0.05) is 64.8 Å². The number of hydrogen-bond donors (Lipinski definition) is 0. The quantitative estimate of drug-likeness (QED) is 0.369. The molecule has 0 saturated carbocycles. The third kappa shape index (κ3) is 3.50. The first-order valence-corrected chi connectivity index (χ1v) is 10.1. The largest absolute Gasteiger partial charge is 0.275 e. The molecule has 9 heteroatoms. The number of benzene rings is 1. The molecule has 126 valence electrons. The fourth-order valence-electron chi connectivity index (χ4n) is 2.27. The Morgan fingerprint density at radius 1 is 1.08 bits per heavy atom. The summed E-state index contributed by atoms with van der Waals surface area (Å²) in [6.45, 7) is 0. The van der Waals surface area contributed by atoms with E-state index in [1.165, 1.54) is 11.8 Å². The monoisotopic (exact) mass is 426 g/mol. The van der Waals surface area contributed by atoms with E-state index in [1.54, 1.807) is 28.0 Å². The average Bonchev–Trinajstić information content (AvgIpc) is 3.20. The Hall–Kier alpha value is -1.31. The Morgan fingerprint density at radius 3 is 2.76 bits per heavy atom. The summed E-state index contributed by atoms with van der Waals surface area (Å²) in [5, 5.41) is 13.6. The summed E-state index contributed by atoms with van der Waals surface area (Å²) in [7, 11) is 0. The average molecular weight is 428 g/mol. The Morgan fingerprint density at radius 2 is 1.92 bits per heavy atom. The van der Waals surface area contributed by atoms with Gasteiger partial charge in [-0.05, 0) is 12.1 Å². The molecule has 0 N–H and O–H groups in total. The van der Waals surface area contributed by atoms with Crippen LogP contribution in [0.25, 0.3) is 16.2 Å². The summed E-state index contributed by atoms with van der Waals surface area (Å²) in [4.78, 5) is 4.66. The van der Waals surface area contributed by atoms with Gasteiger partial charge in [0.25, 0.3) is 0 Å². The zero-order valence-electron chi connectivity index (χ0n) is 12.5. The van der Waals surface area contributed by atoms with E-state index >= 15 is 0 Å². The number of aromatic nitrogens is 4. The van der Waals surface area contributed by atoms with Crippen LogP contribution in [0.3, 0.4) is 0 Å². The molecule has 0 aliphatic carbocycles. The Labute approximate surface area is 166 Å². The standard InChI is InChI=1S/C16H9Cl3N4S2/c17-9-5-13(19)14-21-22-16(23(14)6-9)25-8-10-7-24-15(20-10)11-3-1-2-4-12(11)18/h1-7H,8H2. The van der Waals surface area contributed by atoms with Crippen molar-refractivity contribution in [1.29, 1.82) is 0 Å². The first-order chi connectivity index (χ1) is 12.1. The number of thioether (sulfide) groups is 1. The molecule has 0 spiro atoms. The topological polar surface area (TPSA) is 43.1 Å². The van der Waals surface area contributed by atoms with E-state index < -0.39 is 0 Å². The van der Waals surface area contributed by atoms with Crippen LogP contribution in [0.2, 0.25) is 15.1 Å². The van der Waals surface area contributed by atoms with Crippen LogP contribution in [0.5, 0.6) is 0 Å². The summed E-state index contributed by atoms with van der Waals surface area (Å²) >= 11 is 21.5. The minimum absolute atomic E-state index is 0.474. The molecule has 0 aliphatic rings. The second kappa shape index (κ2) is 7.13. The van der Waals surface area contributed by atoms with Gasteiger partial charge in [-0.2, -0.15) is 0 Å². The molecule has 0 aliphatic heterocycles. The number of halogens is 3. The molecular weight excluding hydrogens is 419 g/mol. The Balaban J connectivity index is 1.56. The van der Waals surface area contributed by atoms with Crippen LogP contribution in [0, 0.1) is 0 Å². The fourth-order valence-corrected chi connectivity index (χ4v) is 4.83. The van der Waals surface area contributed by atoms with Gasteiger partial charge in [-0.15, -0.1) is 21.5 Å². The van der Waals surface area contributed by atoms with E-state index in [2.05, 4.69) is 15.2 Å². The van der Waals surface area contributed by atoms with Crippen LogP contribution in [-0.4, -0.2) is 19.6 Å². The number of pyridine rings is 1. The molecule has 0 fully saturated rings. The predicted octanol–water partition coefficient (Wildman–Crippen LogP) is 6.11. The highest BCUT2D eigenvalue weighted by Gasteiger charge is 2.12. The van der Waals surface area contributed by atoms with Crippen molar-refractivity contribution in [2.75, 3.05) is 0 Å². The van der Waals surface area contributed by atoms with Gasteiger partial charge in [0, 0.05) is 22.9 Å². The normalized spacial score (nSPS) is 11.3. The molecule has 3 aromatic heterocycles. The zero-order valence-corrected chi connectivity index (χ0v) is 16.4. The molecule has 4 nitrogen and oxygen atoms in total. The van der Waals surface area contributed by atoms with Crippen LogP contribution >= 0.6 is 57.9 Å². The SMILES string of the molecule is Clc1cc(Cl)c2nnc(SCc3csc(-c4ccccc4Cl)n3)n2c1. The van der Waals surface area contributed by atoms with Crippen molar-refractivity contribution in [1.82, 2.24) is 19.6 Å². The number of hydrogen-bond acceptors (Lipinski definition) is 5. The lowest BCUT2D eigenvalue weighted by atomic mass is 10.2. The number of rotatable bonds is 4. The van der Waals surface area contributed by atoms with Crippen LogP contribution < -0.4 is 0 Å². The maximum absolute atomic E-state index is 6.24. The zero-order chi connectivity index (χ0) is 17.4. The molecule has 4 aromatic rings. The molecule has 0 radical (unpaired) electrons. The summed E-state index contributed by atoms with van der Waals surface area (Å²) in [5.41, 5.74) is 2.48. The Bertz CT molecular complexity index is 1060. The minimum Gasteiger partial charge on any atom is -0.275 e. The van der Waals surface area contributed by atoms with E-state index in [0.717, 1.165) is 16.3 Å². The summed E-state index contributed by atoms with van der Waals surface area (Å²) in [6, 6.07) is 9.34. The van der Waals surface area contributed by atoms with Gasteiger partial charge < -0.3 is 0 Å². The van der Waals surface area contributed by atoms with Gasteiger partial charge in [0.05, 0.1) is 20.8 Å². The van der Waals surface area contributed by atoms with Gasteiger partial charge in [0.1, 0.15) is 5.01 Å². The molecule has 1 aromatic carbocycles. The second-order valence-corrected chi connectivity index (χ2v) is 8.15.